The molecule has 0 saturated heterocycles. The average Bonchev–Trinajstić information content (AvgIpc) is 3.03. The smallest absolute Gasteiger partial charge is 0.305 e. The molecule has 0 spiro atoms. The zero-order valence-electron chi connectivity index (χ0n) is 19.3. The molecule has 1 saturated carbocycles. The van der Waals surface area contributed by atoms with Gasteiger partial charge in [0.15, 0.2) is 0 Å². The zero-order chi connectivity index (χ0) is 22.7. The van der Waals surface area contributed by atoms with Crippen LogP contribution in [-0.2, 0) is 18.8 Å². The van der Waals surface area contributed by atoms with E-state index in [-0.39, 0.29) is 29.1 Å². The number of benzene rings is 2. The van der Waals surface area contributed by atoms with Crippen LogP contribution in [0.2, 0.25) is 5.04 Å². The Hall–Kier alpha value is -2.24. The summed E-state index contributed by atoms with van der Waals surface area (Å²) in [6.45, 7) is 8.95. The predicted octanol–water partition coefficient (Wildman–Crippen LogP) is 4.11. The molecule has 0 amide bonds. The van der Waals surface area contributed by atoms with Crippen LogP contribution in [0.4, 0.5) is 0 Å². The van der Waals surface area contributed by atoms with Crippen molar-refractivity contribution in [2.75, 3.05) is 13.7 Å². The monoisotopic (exact) mass is 438 g/mol. The van der Waals surface area contributed by atoms with E-state index in [0.717, 1.165) is 0 Å². The fraction of sp³-hybridized carbons (Fsp3) is 0.462. The van der Waals surface area contributed by atoms with Crippen LogP contribution in [0.25, 0.3) is 0 Å². The van der Waals surface area contributed by atoms with Crippen LogP contribution in [0, 0.1) is 11.3 Å². The number of esters is 1. The maximum Gasteiger partial charge on any atom is 0.305 e. The van der Waals surface area contributed by atoms with E-state index < -0.39 is 13.7 Å². The van der Waals surface area contributed by atoms with Crippen LogP contribution in [-0.4, -0.2) is 33.8 Å². The third kappa shape index (κ3) is 4.39. The molecule has 0 unspecified atom stereocenters. The van der Waals surface area contributed by atoms with E-state index in [1.54, 1.807) is 0 Å². The minimum atomic E-state index is -2.74. The summed E-state index contributed by atoms with van der Waals surface area (Å²) in [5.41, 5.74) is -0.693. The van der Waals surface area contributed by atoms with Crippen LogP contribution < -0.4 is 10.4 Å². The lowest BCUT2D eigenvalue weighted by Crippen LogP contribution is -2.67. The second-order valence-corrected chi connectivity index (χ2v) is 14.1. The molecule has 166 valence electrons. The topological polar surface area (TPSA) is 52.6 Å². The maximum atomic E-state index is 13.0. The lowest BCUT2D eigenvalue weighted by Gasteiger charge is -2.45. The fourth-order valence-electron chi connectivity index (χ4n) is 4.97. The Morgan fingerprint density at radius 1 is 1.03 bits per heavy atom. The Balaban J connectivity index is 2.05. The second kappa shape index (κ2) is 9.09. The van der Waals surface area contributed by atoms with Crippen molar-refractivity contribution in [3.63, 3.8) is 0 Å². The summed E-state index contributed by atoms with van der Waals surface area (Å²) >= 11 is 0. The summed E-state index contributed by atoms with van der Waals surface area (Å²) in [6, 6.07) is 20.8. The highest BCUT2D eigenvalue weighted by Crippen LogP contribution is 2.45. The number of ether oxygens (including phenoxy) is 1. The first-order valence-electron chi connectivity index (χ1n) is 11.0. The lowest BCUT2D eigenvalue weighted by atomic mass is 9.78. The Kier molecular flexibility index (Phi) is 6.87. The maximum absolute atomic E-state index is 13.0. The Labute approximate surface area is 187 Å². The number of hydrogen-bond acceptors (Lipinski definition) is 4. The molecule has 2 atom stereocenters. The van der Waals surface area contributed by atoms with Crippen LogP contribution in [0.3, 0.4) is 0 Å². The van der Waals surface area contributed by atoms with Gasteiger partial charge in [0, 0.05) is 19.4 Å². The van der Waals surface area contributed by atoms with E-state index in [2.05, 4.69) is 69.3 Å². The summed E-state index contributed by atoms with van der Waals surface area (Å²) in [6.07, 6.45) is 1.44. The number of methoxy groups -OCH3 is 1. The molecular formula is C26H34O4Si. The molecule has 3 rings (SSSR count). The molecule has 0 radical (unpaired) electrons. The van der Waals surface area contributed by atoms with Crippen molar-refractivity contribution < 1.29 is 18.8 Å². The Morgan fingerprint density at radius 3 is 2.00 bits per heavy atom. The minimum absolute atomic E-state index is 0.0642. The van der Waals surface area contributed by atoms with Crippen molar-refractivity contribution in [1.29, 1.82) is 0 Å². The van der Waals surface area contributed by atoms with Gasteiger partial charge in [-0.2, -0.15) is 0 Å². The Morgan fingerprint density at radius 2 is 1.55 bits per heavy atom. The van der Waals surface area contributed by atoms with Crippen LogP contribution in [0.1, 0.15) is 47.0 Å². The van der Waals surface area contributed by atoms with Gasteiger partial charge in [0.1, 0.15) is 5.78 Å². The molecule has 0 bridgehead atoms. The summed E-state index contributed by atoms with van der Waals surface area (Å²) in [5.74, 6) is -0.152. The molecule has 0 N–H and O–H groups in total. The van der Waals surface area contributed by atoms with Crippen LogP contribution in [0.5, 0.6) is 0 Å². The average molecular weight is 439 g/mol. The molecule has 0 aliphatic heterocycles. The van der Waals surface area contributed by atoms with Gasteiger partial charge < -0.3 is 9.16 Å². The summed E-state index contributed by atoms with van der Waals surface area (Å²) in [4.78, 5) is 25.0. The molecule has 2 aromatic rings. The second-order valence-electron chi connectivity index (χ2n) is 9.81. The van der Waals surface area contributed by atoms with Gasteiger partial charge in [0.2, 0.25) is 0 Å². The number of rotatable bonds is 7. The SMILES string of the molecule is COC(=O)C[C@@H]1CCC(=O)[C@@]1(C)CO[Si](c1ccccc1)(c1ccccc1)C(C)(C)C. The normalized spacial score (nSPS) is 21.8. The third-order valence-corrected chi connectivity index (χ3v) is 11.9. The van der Waals surface area contributed by atoms with Gasteiger partial charge in [-0.1, -0.05) is 88.4 Å². The standard InChI is InChI=1S/C26H34O4Si/c1-25(2,3)31(21-12-8-6-9-13-21,22-14-10-7-11-15-22)30-19-26(4)20(16-17-23(26)27)18-24(28)29-5/h6-15,20H,16-19H2,1-5H3/t20-,26-/m0/s1. The molecule has 5 heteroatoms. The Bertz CT molecular complexity index is 865. The van der Waals surface area contributed by atoms with E-state index in [9.17, 15) is 9.59 Å². The largest absolute Gasteiger partial charge is 0.469 e. The molecule has 4 nitrogen and oxygen atoms in total. The molecule has 31 heavy (non-hydrogen) atoms. The highest BCUT2D eigenvalue weighted by Gasteiger charge is 2.54. The van der Waals surface area contributed by atoms with Crippen molar-refractivity contribution >= 4 is 30.4 Å². The van der Waals surface area contributed by atoms with Gasteiger partial charge in [0.25, 0.3) is 8.32 Å². The van der Waals surface area contributed by atoms with Gasteiger partial charge in [-0.15, -0.1) is 0 Å². The van der Waals surface area contributed by atoms with E-state index in [1.165, 1.54) is 17.5 Å². The summed E-state index contributed by atoms with van der Waals surface area (Å²) < 4.78 is 11.9. The first-order valence-corrected chi connectivity index (χ1v) is 12.9. The van der Waals surface area contributed by atoms with Gasteiger partial charge >= 0.3 is 5.97 Å². The van der Waals surface area contributed by atoms with Gasteiger partial charge in [-0.25, -0.2) is 0 Å². The molecule has 1 aliphatic rings. The number of carbonyl (C=O) groups is 2. The quantitative estimate of drug-likeness (QED) is 0.482. The highest BCUT2D eigenvalue weighted by atomic mass is 28.4. The molecule has 0 heterocycles. The molecule has 2 aromatic carbocycles. The van der Waals surface area contributed by atoms with Crippen LogP contribution in [0.15, 0.2) is 60.7 Å². The van der Waals surface area contributed by atoms with Gasteiger partial charge in [-0.3, -0.25) is 9.59 Å². The third-order valence-electron chi connectivity index (χ3n) is 6.90. The van der Waals surface area contributed by atoms with Crippen molar-refractivity contribution in [1.82, 2.24) is 0 Å². The molecule has 1 fully saturated rings. The number of ketones is 1. The molecule has 0 aromatic heterocycles. The highest BCUT2D eigenvalue weighted by molar-refractivity contribution is 6.99. The fourth-order valence-corrected chi connectivity index (χ4v) is 9.64. The zero-order valence-corrected chi connectivity index (χ0v) is 20.3. The predicted molar refractivity (Wildman–Crippen MR) is 126 cm³/mol. The molecular weight excluding hydrogens is 404 g/mol. The number of carbonyl (C=O) groups excluding carboxylic acids is 2. The van der Waals surface area contributed by atoms with Crippen molar-refractivity contribution in [2.24, 2.45) is 11.3 Å². The van der Waals surface area contributed by atoms with Gasteiger partial charge in [-0.05, 0) is 27.8 Å². The van der Waals surface area contributed by atoms with E-state index in [0.29, 0.717) is 19.4 Å². The molecule has 1 aliphatic carbocycles. The van der Waals surface area contributed by atoms with E-state index in [4.69, 9.17) is 9.16 Å². The van der Waals surface area contributed by atoms with Gasteiger partial charge in [0.05, 0.1) is 12.5 Å². The summed E-state index contributed by atoms with van der Waals surface area (Å²) in [5, 5.41) is 2.21. The number of hydrogen-bond donors (Lipinski definition) is 0. The first kappa shape index (κ1) is 23.4. The van der Waals surface area contributed by atoms with E-state index >= 15 is 0 Å². The minimum Gasteiger partial charge on any atom is -0.469 e. The number of Topliss-reactive ketones (excluding diaryl/α,β-unsaturated/α-hetero) is 1. The summed E-state index contributed by atoms with van der Waals surface area (Å²) in [7, 11) is -1.34. The van der Waals surface area contributed by atoms with Crippen LogP contribution >= 0.6 is 0 Å². The van der Waals surface area contributed by atoms with E-state index in [1.807, 2.05) is 19.1 Å². The van der Waals surface area contributed by atoms with Crippen molar-refractivity contribution in [3.8, 4) is 0 Å². The van der Waals surface area contributed by atoms with Crippen molar-refractivity contribution in [2.45, 2.75) is 52.0 Å². The van der Waals surface area contributed by atoms with Crippen molar-refractivity contribution in [3.05, 3.63) is 60.7 Å². The lowest BCUT2D eigenvalue weighted by molar-refractivity contribution is -0.143. The first-order chi connectivity index (χ1) is 14.6.